The van der Waals surface area contributed by atoms with Gasteiger partial charge in [-0.3, -0.25) is 4.79 Å². The van der Waals surface area contributed by atoms with Crippen molar-refractivity contribution in [1.82, 2.24) is 4.57 Å². The summed E-state index contributed by atoms with van der Waals surface area (Å²) in [4.78, 5) is 12.9. The molecule has 4 aromatic rings. The second kappa shape index (κ2) is 8.39. The molecule has 0 aliphatic rings. The third-order valence-corrected chi connectivity index (χ3v) is 5.24. The number of aliphatic hydroxyl groups excluding tert-OH is 1. The Hall–Kier alpha value is -3.63. The Morgan fingerprint density at radius 2 is 1.60 bits per heavy atom. The molecule has 0 aliphatic heterocycles. The lowest BCUT2D eigenvalue weighted by molar-refractivity contribution is 0.0821. The normalized spacial score (nSPS) is 12.7. The second-order valence-corrected chi connectivity index (χ2v) is 7.15. The number of benzene rings is 3. The number of fused-ring (bicyclic) bond motifs is 1. The molecule has 4 heteroatoms. The Balaban J connectivity index is 1.79. The summed E-state index contributed by atoms with van der Waals surface area (Å²) in [5, 5.41) is 11.9. The predicted molar refractivity (Wildman–Crippen MR) is 120 cm³/mol. The minimum Gasteiger partial charge on any atom is -0.497 e. The molecular formula is C26H23NO3. The molecule has 0 saturated heterocycles. The number of carbonyl (C=O) groups is 1. The summed E-state index contributed by atoms with van der Waals surface area (Å²) < 4.78 is 7.20. The van der Waals surface area contributed by atoms with Gasteiger partial charge in [-0.25, -0.2) is 0 Å². The Morgan fingerprint density at radius 1 is 0.933 bits per heavy atom. The van der Waals surface area contributed by atoms with E-state index in [2.05, 4.69) is 16.7 Å². The predicted octanol–water partition coefficient (Wildman–Crippen LogP) is 4.86. The zero-order chi connectivity index (χ0) is 21.1. The molecule has 0 amide bonds. The highest BCUT2D eigenvalue weighted by atomic mass is 16.5. The van der Waals surface area contributed by atoms with Gasteiger partial charge in [-0.1, -0.05) is 48.5 Å². The third kappa shape index (κ3) is 3.78. The SMILES string of the molecule is COc1ccc(C(=O)[C@H](O)/C=C(\c2ccccc2)c2cn(C)c3ccccc23)cc1. The highest BCUT2D eigenvalue weighted by Crippen LogP contribution is 2.32. The van der Waals surface area contributed by atoms with Crippen LogP contribution in [0.2, 0.25) is 0 Å². The van der Waals surface area contributed by atoms with E-state index in [0.717, 1.165) is 27.6 Å². The van der Waals surface area contributed by atoms with Crippen LogP contribution < -0.4 is 4.74 Å². The van der Waals surface area contributed by atoms with E-state index in [-0.39, 0.29) is 5.78 Å². The maximum Gasteiger partial charge on any atom is 0.195 e. The number of nitrogens with zero attached hydrogens (tertiary/aromatic N) is 1. The lowest BCUT2D eigenvalue weighted by Gasteiger charge is -2.12. The largest absolute Gasteiger partial charge is 0.497 e. The van der Waals surface area contributed by atoms with Crippen molar-refractivity contribution in [2.24, 2.45) is 7.05 Å². The molecular weight excluding hydrogens is 374 g/mol. The van der Waals surface area contributed by atoms with Gasteiger partial charge in [0.15, 0.2) is 5.78 Å². The molecule has 4 rings (SSSR count). The molecule has 0 bridgehead atoms. The van der Waals surface area contributed by atoms with E-state index in [1.54, 1.807) is 37.5 Å². The first-order valence-corrected chi connectivity index (χ1v) is 9.76. The number of aromatic nitrogens is 1. The molecule has 150 valence electrons. The first-order chi connectivity index (χ1) is 14.6. The van der Waals surface area contributed by atoms with Crippen molar-refractivity contribution in [2.75, 3.05) is 7.11 Å². The van der Waals surface area contributed by atoms with Crippen molar-refractivity contribution in [3.05, 3.63) is 108 Å². The fraction of sp³-hybridized carbons (Fsp3) is 0.115. The minimum absolute atomic E-state index is 0.355. The van der Waals surface area contributed by atoms with Crippen LogP contribution in [0.15, 0.2) is 91.1 Å². The van der Waals surface area contributed by atoms with E-state index in [1.165, 1.54) is 0 Å². The molecule has 1 aromatic heterocycles. The van der Waals surface area contributed by atoms with E-state index in [1.807, 2.05) is 55.7 Å². The van der Waals surface area contributed by atoms with Crippen LogP contribution in [0.1, 0.15) is 21.5 Å². The summed E-state index contributed by atoms with van der Waals surface area (Å²) >= 11 is 0. The van der Waals surface area contributed by atoms with Crippen LogP contribution >= 0.6 is 0 Å². The topological polar surface area (TPSA) is 51.5 Å². The number of ether oxygens (including phenoxy) is 1. The maximum absolute atomic E-state index is 12.9. The van der Waals surface area contributed by atoms with Crippen LogP contribution in [0.25, 0.3) is 16.5 Å². The highest BCUT2D eigenvalue weighted by Gasteiger charge is 2.19. The number of Topliss-reactive ketones (excluding diaryl/α,β-unsaturated/α-hetero) is 1. The molecule has 0 aliphatic carbocycles. The number of hydrogen-bond acceptors (Lipinski definition) is 3. The van der Waals surface area contributed by atoms with Gasteiger partial charge in [-0.2, -0.15) is 0 Å². The van der Waals surface area contributed by atoms with Gasteiger partial charge in [0, 0.05) is 35.3 Å². The molecule has 1 heterocycles. The Labute approximate surface area is 175 Å². The van der Waals surface area contributed by atoms with Gasteiger partial charge >= 0.3 is 0 Å². The number of para-hydroxylation sites is 1. The summed E-state index contributed by atoms with van der Waals surface area (Å²) in [6.45, 7) is 0. The number of rotatable bonds is 6. The van der Waals surface area contributed by atoms with Crippen molar-refractivity contribution < 1.29 is 14.6 Å². The van der Waals surface area contributed by atoms with Gasteiger partial charge in [0.05, 0.1) is 7.11 Å². The maximum atomic E-state index is 12.9. The van der Waals surface area contributed by atoms with Gasteiger partial charge in [0.1, 0.15) is 11.9 Å². The monoisotopic (exact) mass is 397 g/mol. The Kier molecular flexibility index (Phi) is 5.50. The standard InChI is InChI=1S/C26H23NO3/c1-27-17-23(21-10-6-7-11-24(21)27)22(18-8-4-3-5-9-18)16-25(28)26(29)19-12-14-20(30-2)15-13-19/h3-17,25,28H,1-2H3/b22-16+/t25-/m1/s1. The van der Waals surface area contributed by atoms with Crippen LogP contribution in [0.3, 0.4) is 0 Å². The third-order valence-electron chi connectivity index (χ3n) is 5.24. The first kappa shape index (κ1) is 19.7. The zero-order valence-electron chi connectivity index (χ0n) is 16.9. The summed E-state index contributed by atoms with van der Waals surface area (Å²) in [5.41, 5.74) is 4.26. The molecule has 1 N–H and O–H groups in total. The van der Waals surface area contributed by atoms with Crippen molar-refractivity contribution in [1.29, 1.82) is 0 Å². The number of methoxy groups -OCH3 is 1. The quantitative estimate of drug-likeness (QED) is 0.473. The van der Waals surface area contributed by atoms with Crippen LogP contribution in [-0.2, 0) is 7.05 Å². The zero-order valence-corrected chi connectivity index (χ0v) is 16.9. The molecule has 0 saturated carbocycles. The Bertz CT molecular complexity index is 1200. The molecule has 0 radical (unpaired) electrons. The van der Waals surface area contributed by atoms with Crippen molar-refractivity contribution in [3.8, 4) is 5.75 Å². The first-order valence-electron chi connectivity index (χ1n) is 9.76. The van der Waals surface area contributed by atoms with Gasteiger partial charge in [0.25, 0.3) is 0 Å². The van der Waals surface area contributed by atoms with E-state index >= 15 is 0 Å². The number of aliphatic hydroxyl groups is 1. The molecule has 0 unspecified atom stereocenters. The van der Waals surface area contributed by atoms with Crippen LogP contribution in [0, 0.1) is 0 Å². The van der Waals surface area contributed by atoms with E-state index < -0.39 is 6.10 Å². The van der Waals surface area contributed by atoms with E-state index in [0.29, 0.717) is 11.3 Å². The second-order valence-electron chi connectivity index (χ2n) is 7.15. The lowest BCUT2D eigenvalue weighted by Crippen LogP contribution is -2.18. The van der Waals surface area contributed by atoms with E-state index in [9.17, 15) is 9.90 Å². The number of carbonyl (C=O) groups excluding carboxylic acids is 1. The number of hydrogen-bond donors (Lipinski definition) is 1. The minimum atomic E-state index is -1.27. The molecule has 1 atom stereocenters. The molecule has 0 spiro atoms. The number of ketones is 1. The number of aryl methyl sites for hydroxylation is 1. The summed E-state index contributed by atoms with van der Waals surface area (Å²) in [6.07, 6.45) is 2.41. The molecule has 4 nitrogen and oxygen atoms in total. The van der Waals surface area contributed by atoms with Crippen molar-refractivity contribution in [3.63, 3.8) is 0 Å². The molecule has 30 heavy (non-hydrogen) atoms. The fourth-order valence-corrected chi connectivity index (χ4v) is 3.68. The summed E-state index contributed by atoms with van der Waals surface area (Å²) in [7, 11) is 3.57. The smallest absolute Gasteiger partial charge is 0.195 e. The highest BCUT2D eigenvalue weighted by molar-refractivity contribution is 6.03. The van der Waals surface area contributed by atoms with Gasteiger partial charge < -0.3 is 14.4 Å². The lowest BCUT2D eigenvalue weighted by atomic mass is 9.94. The van der Waals surface area contributed by atoms with Crippen LogP contribution in [0.4, 0.5) is 0 Å². The van der Waals surface area contributed by atoms with Gasteiger partial charge in [0.2, 0.25) is 0 Å². The van der Waals surface area contributed by atoms with Gasteiger partial charge in [-0.15, -0.1) is 0 Å². The van der Waals surface area contributed by atoms with E-state index in [4.69, 9.17) is 4.74 Å². The van der Waals surface area contributed by atoms with Crippen LogP contribution in [-0.4, -0.2) is 28.7 Å². The summed E-state index contributed by atoms with van der Waals surface area (Å²) in [5.74, 6) is 0.309. The van der Waals surface area contributed by atoms with Crippen molar-refractivity contribution >= 4 is 22.3 Å². The van der Waals surface area contributed by atoms with Crippen LogP contribution in [0.5, 0.6) is 5.75 Å². The average Bonchev–Trinajstić information content (AvgIpc) is 3.14. The van der Waals surface area contributed by atoms with Crippen molar-refractivity contribution in [2.45, 2.75) is 6.10 Å². The molecule has 0 fully saturated rings. The molecule has 3 aromatic carbocycles. The summed E-state index contributed by atoms with van der Waals surface area (Å²) in [6, 6.07) is 24.7. The van der Waals surface area contributed by atoms with Gasteiger partial charge in [-0.05, 0) is 47.5 Å². The Morgan fingerprint density at radius 3 is 2.30 bits per heavy atom. The average molecular weight is 397 g/mol. The fourth-order valence-electron chi connectivity index (χ4n) is 3.68.